The number of morpholine rings is 2. The number of aromatic nitrogens is 14. The Hall–Kier alpha value is -5.55. The molecule has 0 atom stereocenters. The fraction of sp³-hybridized carbons (Fsp3) is 0.306. The van der Waals surface area contributed by atoms with Crippen molar-refractivity contribution in [2.24, 2.45) is 4.99 Å². The maximum absolute atomic E-state index is 10.9. The minimum atomic E-state index is -0.815. The molecular formula is C49H47BBr2Cl5N17O5. The van der Waals surface area contributed by atoms with E-state index >= 15 is 0 Å². The number of carbonyl (C=O) groups is 1. The summed E-state index contributed by atoms with van der Waals surface area (Å²) >= 11 is 34.8. The highest BCUT2D eigenvalue weighted by atomic mass is 79.9. The third-order valence-corrected chi connectivity index (χ3v) is 12.9. The molecular weight excluding hydrogens is 1250 g/mol. The van der Waals surface area contributed by atoms with Gasteiger partial charge in [0.2, 0.25) is 0 Å². The van der Waals surface area contributed by atoms with E-state index in [1.54, 1.807) is 67.1 Å². The number of fused-ring (bicyclic) bond motifs is 5. The van der Waals surface area contributed by atoms with Crippen molar-refractivity contribution in [1.29, 1.82) is 1.34 Å². The van der Waals surface area contributed by atoms with Crippen LogP contribution in [0.3, 0.4) is 0 Å². The van der Waals surface area contributed by atoms with Crippen LogP contribution in [0.5, 0.6) is 0 Å². The largest absolute Gasteiger partial charge is 0.439 e. The summed E-state index contributed by atoms with van der Waals surface area (Å²) in [5.41, 5.74) is 4.55. The molecule has 0 spiro atoms. The van der Waals surface area contributed by atoms with Gasteiger partial charge in [0.15, 0.2) is 28.1 Å². The van der Waals surface area contributed by atoms with Crippen molar-refractivity contribution in [3.63, 3.8) is 0 Å². The molecule has 9 aromatic heterocycles. The molecule has 4 aliphatic rings. The van der Waals surface area contributed by atoms with Crippen molar-refractivity contribution in [3.05, 3.63) is 131 Å². The van der Waals surface area contributed by atoms with Gasteiger partial charge in [0.25, 0.3) is 5.91 Å². The Kier molecular flexibility index (Phi) is 21.9. The summed E-state index contributed by atoms with van der Waals surface area (Å²) in [4.78, 5) is 73.5. The molecule has 410 valence electrons. The second kappa shape index (κ2) is 29.8. The highest BCUT2D eigenvalue weighted by Crippen LogP contribution is 2.33. The lowest BCUT2D eigenvalue weighted by atomic mass is 9.90. The molecule has 30 heteroatoms. The lowest BCUT2D eigenvalue weighted by Gasteiger charge is -2.32. The number of ether oxygens (including phenoxy) is 2. The van der Waals surface area contributed by atoms with E-state index in [0.29, 0.717) is 85.9 Å². The first kappa shape index (κ1) is 58.1. The zero-order valence-corrected chi connectivity index (χ0v) is 49.3. The molecule has 0 saturated carbocycles. The standard InChI is InChI=1S/C11H11ClN4O.C7H3BrClN3.C7H4BrN3O.C7H3Cl2N3.C7H4ClN3.C6H13BO2.C4H9NO/c12-9-2-1-8-11(14-9)15-10(7-13-8)16-3-5-17-6-4-16;8-5-3-10-4-1-2-6(9)12-7(4)11-5;8-5-3-9-4-1-2-6(12)11-7(4)10-5;8-5-2-1-4-7(11-5)12-6(9)3-10-4;8-6-2-1-5-7(11-6)10-4-3-9-5;1-5(2)6(3,4)9-7-8-5;1-3-6-4-2-5-1/h1-2,7H,3-6H2;1-3H;1,3H,2H2;1-3H;1-4H;7H,1-4H3;5H,1-4H2/i;;;;4D;7D;. The Balaban J connectivity index is 0.000000138. The van der Waals surface area contributed by atoms with Gasteiger partial charge in [-0.2, -0.15) is 4.99 Å². The fourth-order valence-electron chi connectivity index (χ4n) is 6.31. The highest BCUT2D eigenvalue weighted by Gasteiger charge is 2.44. The average Bonchev–Trinajstić information content (AvgIpc) is 3.72. The van der Waals surface area contributed by atoms with Crippen LogP contribution >= 0.6 is 89.9 Å². The third-order valence-electron chi connectivity index (χ3n) is 11.1. The van der Waals surface area contributed by atoms with Crippen LogP contribution in [-0.4, -0.2) is 148 Å². The molecule has 9 aromatic rings. The summed E-state index contributed by atoms with van der Waals surface area (Å²) < 4.78 is 36.4. The smallest absolute Gasteiger partial charge is 0.406 e. The van der Waals surface area contributed by atoms with E-state index in [9.17, 15) is 4.79 Å². The zero-order valence-electron chi connectivity index (χ0n) is 44.4. The second-order valence-electron chi connectivity index (χ2n) is 17.1. The molecule has 0 unspecified atom stereocenters. The Morgan fingerprint density at radius 2 is 1.06 bits per heavy atom. The van der Waals surface area contributed by atoms with Crippen LogP contribution in [0.2, 0.25) is 25.8 Å². The van der Waals surface area contributed by atoms with Crippen LogP contribution in [-0.2, 0) is 23.6 Å². The van der Waals surface area contributed by atoms with Gasteiger partial charge in [-0.05, 0) is 114 Å². The van der Waals surface area contributed by atoms with Crippen LogP contribution in [0.1, 0.15) is 35.5 Å². The molecule has 13 heterocycles. The summed E-state index contributed by atoms with van der Waals surface area (Å²) in [6.07, 6.45) is 9.96. The van der Waals surface area contributed by atoms with Crippen molar-refractivity contribution in [3.8, 4) is 0 Å². The van der Waals surface area contributed by atoms with Crippen LogP contribution in [0.15, 0.2) is 99.9 Å². The number of hydrogen-bond acceptors (Lipinski definition) is 21. The number of nitrogens with one attached hydrogen (secondary N) is 1. The van der Waals surface area contributed by atoms with E-state index in [1.165, 1.54) is 12.4 Å². The van der Waals surface area contributed by atoms with Gasteiger partial charge in [-0.1, -0.05) is 58.0 Å². The number of halogens is 7. The number of hydrogen-bond donors (Lipinski definition) is 1. The Bertz CT molecular complexity index is 3430. The molecule has 0 aliphatic carbocycles. The molecule has 0 aromatic carbocycles. The van der Waals surface area contributed by atoms with Crippen molar-refractivity contribution in [1.82, 2.24) is 75.1 Å². The first-order valence-corrected chi connectivity index (χ1v) is 27.1. The normalized spacial score (nSPS) is 16.1. The number of amides is 1. The number of nitrogens with zero attached hydrogens (tertiary/aromatic N) is 16. The van der Waals surface area contributed by atoms with Crippen LogP contribution < -0.4 is 21.1 Å². The molecule has 3 saturated heterocycles. The number of anilines is 1. The number of carbonyl (C=O) groups excluding carboxylic acids is 1. The van der Waals surface area contributed by atoms with E-state index in [4.69, 9.17) is 79.5 Å². The van der Waals surface area contributed by atoms with Gasteiger partial charge in [0.1, 0.15) is 68.2 Å². The SMILES string of the molecule is C1COCCN1.Clc1ccc2ncc(Br)nc2n1.Clc1ccc2ncc(Cl)nc2n1.Clc1ccc2ncc(N3CCOCC3)nc2n1.O=C1CC=c2ncc(Br)nc2=N1.[2H]B1OC(C)(C)C(C)(C)O1.[2H]c1cnc2ccc(Cl)nc2n1. The molecule has 4 aliphatic heterocycles. The van der Waals surface area contributed by atoms with Gasteiger partial charge >= 0.3 is 7.65 Å². The molecule has 22 nitrogen and oxygen atoms in total. The third kappa shape index (κ3) is 19.0. The van der Waals surface area contributed by atoms with Crippen molar-refractivity contribution >= 4 is 160 Å². The summed E-state index contributed by atoms with van der Waals surface area (Å²) in [7, 11) is -0.815. The number of rotatable bonds is 1. The van der Waals surface area contributed by atoms with Crippen LogP contribution in [0, 0.1) is 0 Å². The van der Waals surface area contributed by atoms with Crippen molar-refractivity contribution < 1.29 is 24.9 Å². The minimum absolute atomic E-state index is 0.0947. The Morgan fingerprint density at radius 1 is 0.582 bits per heavy atom. The molecule has 0 radical (unpaired) electrons. The van der Waals surface area contributed by atoms with Gasteiger partial charge in [-0.3, -0.25) is 19.7 Å². The molecule has 1 amide bonds. The Labute approximate surface area is 497 Å². The number of pyridine rings is 4. The quantitative estimate of drug-likeness (QED) is 0.120. The average molecular weight is 1300 g/mol. The molecule has 3 fully saturated rings. The Morgan fingerprint density at radius 3 is 1.61 bits per heavy atom. The molecule has 0 bridgehead atoms. The van der Waals surface area contributed by atoms with Gasteiger partial charge < -0.3 is 29.0 Å². The minimum Gasteiger partial charge on any atom is -0.406 e. The lowest BCUT2D eigenvalue weighted by molar-refractivity contribution is -0.117. The summed E-state index contributed by atoms with van der Waals surface area (Å²) in [6.45, 7) is 14.7. The lowest BCUT2D eigenvalue weighted by Crippen LogP contribution is -2.41. The van der Waals surface area contributed by atoms with E-state index in [-0.39, 0.29) is 23.3 Å². The summed E-state index contributed by atoms with van der Waals surface area (Å²) in [5, 5.41) is 5.77. The van der Waals surface area contributed by atoms with E-state index in [1.807, 2.05) is 33.8 Å². The molecule has 79 heavy (non-hydrogen) atoms. The zero-order chi connectivity index (χ0) is 58.1. The topological polar surface area (TPSA) is 262 Å². The van der Waals surface area contributed by atoms with Crippen molar-refractivity contribution in [2.75, 3.05) is 57.5 Å². The van der Waals surface area contributed by atoms with Crippen molar-refractivity contribution in [2.45, 2.75) is 45.3 Å². The van der Waals surface area contributed by atoms with E-state index < -0.39 is 7.65 Å². The van der Waals surface area contributed by atoms with Gasteiger partial charge in [-0.15, -0.1) is 0 Å². The predicted octanol–water partition coefficient (Wildman–Crippen LogP) is 8.00. The van der Waals surface area contributed by atoms with Crippen LogP contribution in [0.25, 0.3) is 50.7 Å². The van der Waals surface area contributed by atoms with Gasteiger partial charge in [0, 0.05) is 45.0 Å². The summed E-state index contributed by atoms with van der Waals surface area (Å²) in [5.74, 6) is 0.658. The monoisotopic (exact) mass is 1300 g/mol. The fourth-order valence-corrected chi connectivity index (χ4v) is 7.56. The van der Waals surface area contributed by atoms with Gasteiger partial charge in [-0.25, -0.2) is 54.8 Å². The van der Waals surface area contributed by atoms with E-state index in [2.05, 4.69) is 117 Å². The first-order chi connectivity index (χ1) is 38.7. The van der Waals surface area contributed by atoms with Crippen LogP contribution in [0.4, 0.5) is 5.82 Å². The predicted molar refractivity (Wildman–Crippen MR) is 311 cm³/mol. The molecule has 1 N–H and O–H groups in total. The highest BCUT2D eigenvalue weighted by molar-refractivity contribution is 9.10. The van der Waals surface area contributed by atoms with Gasteiger partial charge in [0.05, 0.1) is 65.1 Å². The maximum Gasteiger partial charge on any atom is 0.439 e. The second-order valence-corrected chi connectivity index (χ2v) is 20.7. The van der Waals surface area contributed by atoms with E-state index in [0.717, 1.165) is 69.5 Å². The molecule has 13 rings (SSSR count). The first-order valence-electron chi connectivity index (χ1n) is 24.7. The summed E-state index contributed by atoms with van der Waals surface area (Å²) in [6, 6.07) is 13.8. The maximum atomic E-state index is 10.9.